The Hall–Kier alpha value is -1.65. The van der Waals surface area contributed by atoms with Crippen LogP contribution in [0.25, 0.3) is 0 Å². The topological polar surface area (TPSA) is 159 Å². The summed E-state index contributed by atoms with van der Waals surface area (Å²) in [7, 11) is -3.75. The van der Waals surface area contributed by atoms with Crippen molar-refractivity contribution in [1.82, 2.24) is 15.3 Å². The number of nitrogens with zero attached hydrogens (tertiary/aromatic N) is 2. The van der Waals surface area contributed by atoms with Crippen LogP contribution in [0.2, 0.25) is 0 Å². The van der Waals surface area contributed by atoms with Crippen molar-refractivity contribution in [1.29, 1.82) is 0 Å². The molecule has 2 heterocycles. The molecule has 142 valence electrons. The summed E-state index contributed by atoms with van der Waals surface area (Å²) < 4.78 is 35.0. The van der Waals surface area contributed by atoms with E-state index in [1.807, 2.05) is 0 Å². The number of carbonyl (C=O) groups is 3. The number of carboxylic acid groups (broad SMARTS) is 1. The Morgan fingerprint density at radius 2 is 2.19 bits per heavy atom. The van der Waals surface area contributed by atoms with E-state index >= 15 is 0 Å². The van der Waals surface area contributed by atoms with Crippen LogP contribution < -0.4 is 29.3 Å². The molecule has 14 heteroatoms. The number of hydrogen-bond donors (Lipinski definition) is 3. The monoisotopic (exact) mass is 388 g/mol. The first-order valence-electron chi connectivity index (χ1n) is 7.11. The zero-order valence-electron chi connectivity index (χ0n) is 15.1. The van der Waals surface area contributed by atoms with E-state index < -0.39 is 52.1 Å². The molecule has 0 aromatic heterocycles. The van der Waals surface area contributed by atoms with Gasteiger partial charge >= 0.3 is 37.2 Å². The van der Waals surface area contributed by atoms with Crippen LogP contribution in [0.3, 0.4) is 0 Å². The molecule has 0 aromatic carbocycles. The number of urea groups is 1. The fraction of sp³-hybridized carbons (Fsp3) is 0.583. The number of alkyl halides is 1. The Morgan fingerprint density at radius 1 is 1.58 bits per heavy atom. The fourth-order valence-electron chi connectivity index (χ4n) is 2.63. The summed E-state index contributed by atoms with van der Waals surface area (Å²) in [4.78, 5) is 40.7. The van der Waals surface area contributed by atoms with Crippen molar-refractivity contribution >= 4 is 27.9 Å². The number of primary sulfonamides is 1. The average Bonchev–Trinajstić information content (AvgIpc) is 2.71. The van der Waals surface area contributed by atoms with E-state index in [4.69, 9.17) is 10.2 Å². The minimum atomic E-state index is -3.75. The van der Waals surface area contributed by atoms with Gasteiger partial charge in [0.05, 0.1) is 18.3 Å². The molecule has 0 spiro atoms. The average molecular weight is 388 g/mol. The molecule has 26 heavy (non-hydrogen) atoms. The summed E-state index contributed by atoms with van der Waals surface area (Å²) in [6.45, 7) is 1.32. The van der Waals surface area contributed by atoms with Gasteiger partial charge < -0.3 is 16.7 Å². The Morgan fingerprint density at radius 3 is 2.73 bits per heavy atom. The van der Waals surface area contributed by atoms with E-state index in [1.54, 1.807) is 6.92 Å². The van der Waals surface area contributed by atoms with Crippen LogP contribution in [0.15, 0.2) is 11.6 Å². The maximum absolute atomic E-state index is 13.2. The second-order valence-electron chi connectivity index (χ2n) is 5.56. The molecule has 0 aliphatic carbocycles. The fourth-order valence-corrected chi connectivity index (χ4v) is 3.02. The van der Waals surface area contributed by atoms with Crippen molar-refractivity contribution in [2.75, 3.05) is 18.8 Å². The van der Waals surface area contributed by atoms with Crippen LogP contribution in [0.4, 0.5) is 9.18 Å². The van der Waals surface area contributed by atoms with Gasteiger partial charge in [-0.15, -0.1) is 0 Å². The van der Waals surface area contributed by atoms with Crippen LogP contribution in [-0.4, -0.2) is 78.7 Å². The van der Waals surface area contributed by atoms with Gasteiger partial charge in [0.25, 0.3) is 0 Å². The Bertz CT molecular complexity index is 737. The molecule has 3 atom stereocenters. The molecule has 4 N–H and O–H groups in total. The van der Waals surface area contributed by atoms with E-state index in [2.05, 4.69) is 10.2 Å². The molecule has 0 radical (unpaired) electrons. The molecule has 2 aliphatic rings. The van der Waals surface area contributed by atoms with Crippen molar-refractivity contribution in [3.63, 3.8) is 0 Å². The van der Waals surface area contributed by atoms with Crippen molar-refractivity contribution in [3.8, 4) is 0 Å². The minimum Gasteiger partial charge on any atom is -1.00 e. The van der Waals surface area contributed by atoms with Crippen molar-refractivity contribution < 1.29 is 57.4 Å². The Kier molecular flexibility index (Phi) is 7.20. The number of aliphatic carboxylic acids is 1. The molecule has 2 bridgehead atoms. The quantitative estimate of drug-likeness (QED) is 0.292. The molecule has 2 rings (SSSR count). The zero-order valence-corrected chi connectivity index (χ0v) is 14.9. The van der Waals surface area contributed by atoms with E-state index in [0.717, 1.165) is 4.90 Å². The molecule has 11 nitrogen and oxygen atoms in total. The molecule has 2 aliphatic heterocycles. The second kappa shape index (κ2) is 8.36. The van der Waals surface area contributed by atoms with Crippen molar-refractivity contribution in [2.45, 2.75) is 25.4 Å². The summed E-state index contributed by atoms with van der Waals surface area (Å²) in [5, 5.41) is 16.3. The smallest absolute Gasteiger partial charge is 1.00 e. The van der Waals surface area contributed by atoms with Gasteiger partial charge in [-0.2, -0.15) is 5.06 Å². The molecular weight excluding hydrogens is 370 g/mol. The van der Waals surface area contributed by atoms with E-state index in [-0.39, 0.29) is 33.4 Å². The second-order valence-corrected chi connectivity index (χ2v) is 7.29. The molecule has 1 saturated heterocycles. The normalized spacial score (nSPS) is 23.2. The number of amides is 3. The SMILES string of the molecule is CC1=C[C@@H]2CN(C(=O)N2O[C@@H](F)C(=O)O)[C@@H]1C(=O)NCCS(N)(=O)=O.[H-].[Li+]. The van der Waals surface area contributed by atoms with Crippen LogP contribution in [0.1, 0.15) is 8.35 Å². The maximum Gasteiger partial charge on any atom is 1.00 e. The van der Waals surface area contributed by atoms with E-state index in [9.17, 15) is 27.2 Å². The van der Waals surface area contributed by atoms with Crippen LogP contribution in [0.5, 0.6) is 0 Å². The number of hydroxylamine groups is 2. The molecule has 0 aromatic rings. The number of hydrogen-bond acceptors (Lipinski definition) is 6. The first kappa shape index (κ1) is 22.4. The van der Waals surface area contributed by atoms with Crippen LogP contribution >= 0.6 is 0 Å². The van der Waals surface area contributed by atoms with Gasteiger partial charge in [0.15, 0.2) is 0 Å². The minimum absolute atomic E-state index is 0. The third-order valence-electron chi connectivity index (χ3n) is 3.65. The molecule has 0 unspecified atom stereocenters. The number of halogens is 1. The summed E-state index contributed by atoms with van der Waals surface area (Å²) >= 11 is 0. The van der Waals surface area contributed by atoms with Crippen LogP contribution in [0, 0.1) is 0 Å². The van der Waals surface area contributed by atoms with Gasteiger partial charge in [-0.25, -0.2) is 32.4 Å². The zero-order chi connectivity index (χ0) is 18.9. The predicted molar refractivity (Wildman–Crippen MR) is 81.0 cm³/mol. The van der Waals surface area contributed by atoms with Gasteiger partial charge in [-0.3, -0.25) is 4.79 Å². The molecular formula is C12H18FLiN4O7S. The van der Waals surface area contributed by atoms with Crippen molar-refractivity contribution in [2.24, 2.45) is 5.14 Å². The molecule has 0 saturated carbocycles. The van der Waals surface area contributed by atoms with E-state index in [1.165, 1.54) is 6.08 Å². The summed E-state index contributed by atoms with van der Waals surface area (Å²) in [6, 6.07) is -2.65. The Labute approximate surface area is 162 Å². The largest absolute Gasteiger partial charge is 1.00 e. The summed E-state index contributed by atoms with van der Waals surface area (Å²) in [5.74, 6) is -2.99. The first-order valence-corrected chi connectivity index (χ1v) is 8.83. The summed E-state index contributed by atoms with van der Waals surface area (Å²) in [5.41, 5.74) is 0.453. The number of nitrogens with one attached hydrogen (secondary N) is 1. The number of rotatable bonds is 7. The van der Waals surface area contributed by atoms with E-state index in [0.29, 0.717) is 10.6 Å². The number of carboxylic acids is 1. The van der Waals surface area contributed by atoms with Gasteiger partial charge in [0.1, 0.15) is 6.04 Å². The van der Waals surface area contributed by atoms with Gasteiger partial charge in [0.2, 0.25) is 15.9 Å². The number of nitrogens with two attached hydrogens (primary N) is 1. The number of fused-ring (bicyclic) bond motifs is 2. The van der Waals surface area contributed by atoms with Gasteiger partial charge in [0, 0.05) is 6.54 Å². The third-order valence-corrected chi connectivity index (χ3v) is 4.43. The molecule has 3 amide bonds. The number of carbonyl (C=O) groups excluding carboxylic acids is 2. The standard InChI is InChI=1S/C12H17FN4O7S.Li.H/c1-6-4-7-5-16(12(21)17(7)24-9(13)11(19)20)8(6)10(18)15-2-3-25(14,22)23;;/h4,7-9H,2-3,5H2,1H3,(H,15,18)(H,19,20)(H2,14,22,23);;/q;+1;-1/t7-,8+,9-;;/m1../s1. The predicted octanol–water partition coefficient (Wildman–Crippen LogP) is -4.75. The summed E-state index contributed by atoms with van der Waals surface area (Å²) in [6.07, 6.45) is -1.24. The maximum atomic E-state index is 13.2. The first-order chi connectivity index (χ1) is 11.5. The van der Waals surface area contributed by atoms with Crippen molar-refractivity contribution in [3.05, 3.63) is 11.6 Å². The van der Waals surface area contributed by atoms with Gasteiger partial charge in [-0.1, -0.05) is 6.08 Å². The molecule has 1 fully saturated rings. The number of sulfonamides is 1. The van der Waals surface area contributed by atoms with Crippen LogP contribution in [-0.2, 0) is 24.4 Å². The third kappa shape index (κ3) is 4.95. The Balaban J connectivity index is 0.00000338. The van der Waals surface area contributed by atoms with Gasteiger partial charge in [-0.05, 0) is 12.5 Å².